The maximum absolute atomic E-state index is 13.5. The van der Waals surface area contributed by atoms with Crippen molar-refractivity contribution in [2.45, 2.75) is 6.42 Å². The summed E-state index contributed by atoms with van der Waals surface area (Å²) in [6.45, 7) is 0.384. The van der Waals surface area contributed by atoms with E-state index in [2.05, 4.69) is 21.9 Å². The van der Waals surface area contributed by atoms with Crippen LogP contribution in [0.3, 0.4) is 0 Å². The minimum Gasteiger partial charge on any atom is -0.395 e. The van der Waals surface area contributed by atoms with Crippen LogP contribution in [0.15, 0.2) is 16.6 Å². The molecule has 1 unspecified atom stereocenters. The Labute approximate surface area is 107 Å². The van der Waals surface area contributed by atoms with Crippen LogP contribution in [0.5, 0.6) is 0 Å². The number of hydrogen-bond donors (Lipinski definition) is 1. The van der Waals surface area contributed by atoms with Crippen LogP contribution in [-0.4, -0.2) is 12.5 Å². The molecule has 1 aromatic carbocycles. The highest BCUT2D eigenvalue weighted by atomic mass is 79.9. The number of benzene rings is 1. The molecule has 1 atom stereocenters. The number of carbonyl (C=O) groups excluding carboxylic acids is 1. The zero-order valence-electron chi connectivity index (χ0n) is 8.91. The number of rotatable bonds is 1. The molecule has 0 radical (unpaired) electrons. The van der Waals surface area contributed by atoms with Gasteiger partial charge in [-0.15, -0.1) is 12.3 Å². The van der Waals surface area contributed by atoms with Crippen LogP contribution in [0, 0.1) is 24.1 Å². The van der Waals surface area contributed by atoms with Gasteiger partial charge in [-0.2, -0.15) is 0 Å². The lowest BCUT2D eigenvalue weighted by molar-refractivity contribution is -0.117. The highest BCUT2D eigenvalue weighted by Crippen LogP contribution is 2.33. The number of halogens is 2. The molecule has 1 fully saturated rings. The van der Waals surface area contributed by atoms with Crippen molar-refractivity contribution in [3.05, 3.63) is 22.4 Å². The quantitative estimate of drug-likeness (QED) is 0.638. The van der Waals surface area contributed by atoms with Gasteiger partial charge in [-0.25, -0.2) is 4.39 Å². The molecule has 0 saturated carbocycles. The van der Waals surface area contributed by atoms with Crippen LogP contribution in [0.1, 0.15) is 6.42 Å². The summed E-state index contributed by atoms with van der Waals surface area (Å²) in [6, 6.07) is 2.88. The Bertz CT molecular complexity index is 524. The van der Waals surface area contributed by atoms with Crippen molar-refractivity contribution in [2.24, 2.45) is 5.92 Å². The van der Waals surface area contributed by atoms with Crippen LogP contribution in [-0.2, 0) is 4.79 Å². The largest absolute Gasteiger partial charge is 0.395 e. The number of terminal acetylenes is 1. The minimum absolute atomic E-state index is 0.0285. The molecule has 2 N–H and O–H groups in total. The average molecular weight is 297 g/mol. The first-order valence-corrected chi connectivity index (χ1v) is 5.83. The lowest BCUT2D eigenvalue weighted by Gasteiger charge is -2.18. The molecule has 0 bridgehead atoms. The zero-order valence-corrected chi connectivity index (χ0v) is 10.5. The van der Waals surface area contributed by atoms with E-state index in [4.69, 9.17) is 12.2 Å². The van der Waals surface area contributed by atoms with Crippen LogP contribution in [0.2, 0.25) is 0 Å². The third kappa shape index (κ3) is 2.13. The van der Waals surface area contributed by atoms with Crippen molar-refractivity contribution in [3.8, 4) is 12.3 Å². The van der Waals surface area contributed by atoms with Gasteiger partial charge in [-0.1, -0.05) is 15.9 Å². The highest BCUT2D eigenvalue weighted by Gasteiger charge is 2.31. The maximum Gasteiger partial charge on any atom is 0.228 e. The molecule has 0 spiro atoms. The standard InChI is InChI=1S/C12H10BrFN2O/c1-2-7-3-11(17)16(6-7)10-5-8(13)4-9(14)12(10)15/h1,4-5,7H,3,6,15H2. The average Bonchev–Trinajstić information content (AvgIpc) is 2.65. The van der Waals surface area contributed by atoms with Crippen LogP contribution in [0.25, 0.3) is 0 Å². The second-order valence-corrected chi connectivity index (χ2v) is 4.81. The van der Waals surface area contributed by atoms with E-state index in [-0.39, 0.29) is 23.9 Å². The molecule has 1 aliphatic rings. The first kappa shape index (κ1) is 11.9. The second kappa shape index (κ2) is 4.38. The van der Waals surface area contributed by atoms with Crippen molar-refractivity contribution in [1.29, 1.82) is 0 Å². The number of amides is 1. The van der Waals surface area contributed by atoms with E-state index in [1.165, 1.54) is 11.0 Å². The molecule has 3 nitrogen and oxygen atoms in total. The van der Waals surface area contributed by atoms with Gasteiger partial charge in [0.15, 0.2) is 0 Å². The van der Waals surface area contributed by atoms with Crippen molar-refractivity contribution in [3.63, 3.8) is 0 Å². The van der Waals surface area contributed by atoms with Gasteiger partial charge in [0.05, 0.1) is 11.4 Å². The molecule has 1 heterocycles. The van der Waals surface area contributed by atoms with Gasteiger partial charge in [0, 0.05) is 23.4 Å². The van der Waals surface area contributed by atoms with Crippen LogP contribution in [0.4, 0.5) is 15.8 Å². The molecular formula is C12H10BrFN2O. The molecule has 1 aromatic rings. The fourth-order valence-corrected chi connectivity index (χ4v) is 2.26. The fraction of sp³-hybridized carbons (Fsp3) is 0.250. The topological polar surface area (TPSA) is 46.3 Å². The van der Waals surface area contributed by atoms with E-state index in [0.29, 0.717) is 16.7 Å². The van der Waals surface area contributed by atoms with Crippen LogP contribution >= 0.6 is 15.9 Å². The van der Waals surface area contributed by atoms with Crippen molar-refractivity contribution in [1.82, 2.24) is 0 Å². The van der Waals surface area contributed by atoms with Gasteiger partial charge in [-0.05, 0) is 12.1 Å². The number of carbonyl (C=O) groups is 1. The summed E-state index contributed by atoms with van der Waals surface area (Å²) >= 11 is 3.17. The van der Waals surface area contributed by atoms with Gasteiger partial charge in [-0.3, -0.25) is 4.79 Å². The summed E-state index contributed by atoms with van der Waals surface area (Å²) in [4.78, 5) is 13.2. The third-order valence-electron chi connectivity index (χ3n) is 2.72. The van der Waals surface area contributed by atoms with Crippen molar-refractivity contribution >= 4 is 33.2 Å². The summed E-state index contributed by atoms with van der Waals surface area (Å²) in [5.41, 5.74) is 5.99. The SMILES string of the molecule is C#CC1CC(=O)N(c2cc(Br)cc(F)c2N)C1. The maximum atomic E-state index is 13.5. The summed E-state index contributed by atoms with van der Waals surface area (Å²) in [7, 11) is 0. The predicted octanol–water partition coefficient (Wildman–Crippen LogP) is 2.16. The molecule has 88 valence electrons. The van der Waals surface area contributed by atoms with Gasteiger partial charge in [0.25, 0.3) is 0 Å². The summed E-state index contributed by atoms with van der Waals surface area (Å²) in [5.74, 6) is 1.72. The van der Waals surface area contributed by atoms with E-state index in [9.17, 15) is 9.18 Å². The van der Waals surface area contributed by atoms with Crippen molar-refractivity contribution in [2.75, 3.05) is 17.2 Å². The molecule has 1 aliphatic heterocycles. The first-order chi connectivity index (χ1) is 8.02. The lowest BCUT2D eigenvalue weighted by atomic mass is 10.1. The van der Waals surface area contributed by atoms with Crippen LogP contribution < -0.4 is 10.6 Å². The summed E-state index contributed by atoms with van der Waals surface area (Å²) < 4.78 is 14.0. The molecule has 0 aliphatic carbocycles. The van der Waals surface area contributed by atoms with E-state index in [0.717, 1.165) is 0 Å². The monoisotopic (exact) mass is 296 g/mol. The number of nitrogen functional groups attached to an aromatic ring is 1. The molecule has 0 aromatic heterocycles. The Morgan fingerprint density at radius 2 is 2.29 bits per heavy atom. The third-order valence-corrected chi connectivity index (χ3v) is 3.18. The molecule has 2 rings (SSSR count). The van der Waals surface area contributed by atoms with E-state index in [1.807, 2.05) is 0 Å². The Hall–Kier alpha value is -1.54. The van der Waals surface area contributed by atoms with E-state index < -0.39 is 5.82 Å². The van der Waals surface area contributed by atoms with Gasteiger partial charge in [0.1, 0.15) is 5.82 Å². The molecular weight excluding hydrogens is 287 g/mol. The second-order valence-electron chi connectivity index (χ2n) is 3.89. The lowest BCUT2D eigenvalue weighted by Crippen LogP contribution is -2.25. The minimum atomic E-state index is -0.550. The van der Waals surface area contributed by atoms with Gasteiger partial charge in [0.2, 0.25) is 5.91 Å². The summed E-state index contributed by atoms with van der Waals surface area (Å²) in [6.07, 6.45) is 5.57. The first-order valence-electron chi connectivity index (χ1n) is 5.04. The number of anilines is 2. The number of hydrogen-bond acceptors (Lipinski definition) is 2. The molecule has 5 heteroatoms. The summed E-state index contributed by atoms with van der Waals surface area (Å²) in [5, 5.41) is 0. The number of nitrogens with zero attached hydrogens (tertiary/aromatic N) is 1. The zero-order chi connectivity index (χ0) is 12.6. The fourth-order valence-electron chi connectivity index (χ4n) is 1.85. The van der Waals surface area contributed by atoms with E-state index >= 15 is 0 Å². The Balaban J connectivity index is 2.42. The van der Waals surface area contributed by atoms with Crippen molar-refractivity contribution < 1.29 is 9.18 Å². The predicted molar refractivity (Wildman–Crippen MR) is 67.8 cm³/mol. The normalized spacial score (nSPS) is 19.5. The molecule has 1 saturated heterocycles. The smallest absolute Gasteiger partial charge is 0.228 e. The van der Waals surface area contributed by atoms with Gasteiger partial charge < -0.3 is 10.6 Å². The molecule has 17 heavy (non-hydrogen) atoms. The Kier molecular flexibility index (Phi) is 3.07. The van der Waals surface area contributed by atoms with E-state index in [1.54, 1.807) is 6.07 Å². The molecule has 1 amide bonds. The van der Waals surface area contributed by atoms with Gasteiger partial charge >= 0.3 is 0 Å². The highest BCUT2D eigenvalue weighted by molar-refractivity contribution is 9.10. The Morgan fingerprint density at radius 3 is 2.88 bits per heavy atom. The Morgan fingerprint density at radius 1 is 1.59 bits per heavy atom. The number of nitrogens with two attached hydrogens (primary N) is 1.